The number of hydrogen-bond donors (Lipinski definition) is 3. The van der Waals surface area contributed by atoms with Gasteiger partial charge in [-0.3, -0.25) is 4.79 Å². The van der Waals surface area contributed by atoms with Crippen molar-refractivity contribution in [2.24, 2.45) is 5.73 Å². The summed E-state index contributed by atoms with van der Waals surface area (Å²) in [6.07, 6.45) is 1.33. The van der Waals surface area contributed by atoms with E-state index < -0.39 is 0 Å². The van der Waals surface area contributed by atoms with Gasteiger partial charge in [0.1, 0.15) is 0 Å². The van der Waals surface area contributed by atoms with Gasteiger partial charge in [-0.15, -0.1) is 0 Å². The van der Waals surface area contributed by atoms with Crippen molar-refractivity contribution in [3.05, 3.63) is 92.6 Å². The Kier molecular flexibility index (Phi) is 7.45. The van der Waals surface area contributed by atoms with Gasteiger partial charge in [-0.1, -0.05) is 18.2 Å². The summed E-state index contributed by atoms with van der Waals surface area (Å²) in [4.78, 5) is 27.8. The van der Waals surface area contributed by atoms with E-state index >= 15 is 0 Å². The first-order valence-corrected chi connectivity index (χ1v) is 12.0. The monoisotopic (exact) mass is 565 g/mol. The summed E-state index contributed by atoms with van der Waals surface area (Å²) in [5, 5.41) is 14.7. The largest absolute Gasteiger partial charge is 0.331 e. The zero-order valence-corrected chi connectivity index (χ0v) is 20.6. The van der Waals surface area contributed by atoms with E-state index in [9.17, 15) is 9.59 Å². The Hall–Kier alpha value is -3.42. The minimum atomic E-state index is -0.375. The van der Waals surface area contributed by atoms with Crippen LogP contribution in [0.1, 0.15) is 39.5 Å². The first kappa shape index (κ1) is 23.7. The van der Waals surface area contributed by atoms with Gasteiger partial charge in [0, 0.05) is 27.1 Å². The zero-order chi connectivity index (χ0) is 24.1. The maximum Gasteiger partial charge on any atom is 0.323 e. The van der Waals surface area contributed by atoms with Crippen molar-refractivity contribution in [2.75, 3.05) is 23.7 Å². The molecular weight excluding hydrogens is 541 g/mol. The molecule has 1 atom stereocenters. The second-order valence-corrected chi connectivity index (χ2v) is 9.30. The van der Waals surface area contributed by atoms with Crippen LogP contribution in [0.3, 0.4) is 0 Å². The van der Waals surface area contributed by atoms with Crippen LogP contribution in [-0.4, -0.2) is 29.9 Å². The third-order valence-electron chi connectivity index (χ3n) is 5.78. The van der Waals surface area contributed by atoms with Crippen LogP contribution in [0.15, 0.2) is 66.7 Å². The van der Waals surface area contributed by atoms with Gasteiger partial charge in [-0.2, -0.15) is 5.26 Å². The molecule has 3 aromatic rings. The molecule has 0 aromatic heterocycles. The Labute approximate surface area is 212 Å². The molecule has 0 fully saturated rings. The molecule has 3 amide bonds. The van der Waals surface area contributed by atoms with Crippen LogP contribution in [0, 0.1) is 14.9 Å². The third kappa shape index (κ3) is 5.38. The molecule has 3 aromatic carbocycles. The average molecular weight is 565 g/mol. The number of anilines is 2. The lowest BCUT2D eigenvalue weighted by Gasteiger charge is -2.37. The van der Waals surface area contributed by atoms with E-state index in [0.717, 1.165) is 14.7 Å². The van der Waals surface area contributed by atoms with Crippen LogP contribution in [0.4, 0.5) is 16.2 Å². The van der Waals surface area contributed by atoms with Gasteiger partial charge in [-0.05, 0) is 102 Å². The molecule has 4 rings (SSSR count). The lowest BCUT2D eigenvalue weighted by Crippen LogP contribution is -2.41. The number of carbonyl (C=O) groups is 2. The second-order valence-electron chi connectivity index (χ2n) is 8.05. The number of amides is 3. The number of hydrogen-bond acceptors (Lipinski definition) is 4. The van der Waals surface area contributed by atoms with Crippen LogP contribution in [0.5, 0.6) is 0 Å². The fraction of sp³-hybridized carbons (Fsp3) is 0.192. The lowest BCUT2D eigenvalue weighted by atomic mass is 9.88. The SMILES string of the molecule is N#Cc1ccc(C2Cc3ccc(NC(=O)Nc4ccc(I)cc4)cc3C(=O)N2CCCN)cc1. The van der Waals surface area contributed by atoms with E-state index in [0.29, 0.717) is 48.4 Å². The highest BCUT2D eigenvalue weighted by atomic mass is 127. The van der Waals surface area contributed by atoms with Crippen LogP contribution in [0.25, 0.3) is 0 Å². The molecule has 0 spiro atoms. The van der Waals surface area contributed by atoms with Crippen molar-refractivity contribution in [1.29, 1.82) is 5.26 Å². The summed E-state index contributed by atoms with van der Waals surface area (Å²) in [6, 6.07) is 21.9. The van der Waals surface area contributed by atoms with Crippen molar-refractivity contribution in [3.63, 3.8) is 0 Å². The molecule has 172 valence electrons. The lowest BCUT2D eigenvalue weighted by molar-refractivity contribution is 0.0646. The summed E-state index contributed by atoms with van der Waals surface area (Å²) < 4.78 is 1.08. The molecule has 1 heterocycles. The van der Waals surface area contributed by atoms with Crippen molar-refractivity contribution < 1.29 is 9.59 Å². The number of halogens is 1. The van der Waals surface area contributed by atoms with E-state index in [1.807, 2.05) is 53.4 Å². The Bertz CT molecular complexity index is 1240. The fourth-order valence-electron chi connectivity index (χ4n) is 4.07. The van der Waals surface area contributed by atoms with E-state index in [-0.39, 0.29) is 18.0 Å². The van der Waals surface area contributed by atoms with E-state index in [1.165, 1.54) is 0 Å². The highest BCUT2D eigenvalue weighted by Crippen LogP contribution is 2.34. The number of rotatable bonds is 6. The van der Waals surface area contributed by atoms with E-state index in [1.54, 1.807) is 18.2 Å². The van der Waals surface area contributed by atoms with Gasteiger partial charge in [-0.25, -0.2) is 4.79 Å². The first-order chi connectivity index (χ1) is 16.5. The highest BCUT2D eigenvalue weighted by Gasteiger charge is 2.33. The quantitative estimate of drug-likeness (QED) is 0.370. The molecule has 0 radical (unpaired) electrons. The molecule has 4 N–H and O–H groups in total. The minimum absolute atomic E-state index is 0.0919. The molecule has 1 aliphatic heterocycles. The Morgan fingerprint density at radius 1 is 1.06 bits per heavy atom. The first-order valence-electron chi connectivity index (χ1n) is 11.0. The molecule has 1 unspecified atom stereocenters. The van der Waals surface area contributed by atoms with Gasteiger partial charge in [0.05, 0.1) is 17.7 Å². The van der Waals surface area contributed by atoms with Gasteiger partial charge in [0.2, 0.25) is 0 Å². The molecule has 1 aliphatic rings. The number of nitrogens with two attached hydrogens (primary N) is 1. The van der Waals surface area contributed by atoms with Crippen molar-refractivity contribution in [2.45, 2.75) is 18.9 Å². The molecular formula is C26H24IN5O2. The number of nitrogens with zero attached hydrogens (tertiary/aromatic N) is 2. The van der Waals surface area contributed by atoms with Crippen molar-refractivity contribution >= 4 is 45.9 Å². The van der Waals surface area contributed by atoms with Gasteiger partial charge in [0.15, 0.2) is 0 Å². The molecule has 0 saturated carbocycles. The number of benzene rings is 3. The number of urea groups is 1. The fourth-order valence-corrected chi connectivity index (χ4v) is 4.43. The Balaban J connectivity index is 1.56. The summed E-state index contributed by atoms with van der Waals surface area (Å²) >= 11 is 2.20. The number of nitrogens with one attached hydrogen (secondary N) is 2. The number of fused-ring (bicyclic) bond motifs is 1. The number of nitriles is 1. The van der Waals surface area contributed by atoms with Crippen LogP contribution in [0.2, 0.25) is 0 Å². The van der Waals surface area contributed by atoms with E-state index in [2.05, 4.69) is 39.3 Å². The van der Waals surface area contributed by atoms with Crippen LogP contribution < -0.4 is 16.4 Å². The second kappa shape index (κ2) is 10.7. The minimum Gasteiger partial charge on any atom is -0.331 e. The molecule has 34 heavy (non-hydrogen) atoms. The van der Waals surface area contributed by atoms with Crippen LogP contribution >= 0.6 is 22.6 Å². The van der Waals surface area contributed by atoms with Crippen molar-refractivity contribution in [1.82, 2.24) is 4.90 Å². The van der Waals surface area contributed by atoms with Gasteiger partial charge < -0.3 is 21.3 Å². The predicted octanol–water partition coefficient (Wildman–Crippen LogP) is 4.90. The summed E-state index contributed by atoms with van der Waals surface area (Å²) in [5.41, 5.74) is 10.0. The number of carbonyl (C=O) groups excluding carboxylic acids is 2. The Morgan fingerprint density at radius 2 is 1.74 bits per heavy atom. The van der Waals surface area contributed by atoms with Gasteiger partial charge in [0.25, 0.3) is 5.91 Å². The summed E-state index contributed by atoms with van der Waals surface area (Å²) in [5.74, 6) is -0.0919. The molecule has 0 saturated heterocycles. The summed E-state index contributed by atoms with van der Waals surface area (Å²) in [6.45, 7) is 1.02. The highest BCUT2D eigenvalue weighted by molar-refractivity contribution is 14.1. The van der Waals surface area contributed by atoms with Gasteiger partial charge >= 0.3 is 6.03 Å². The Morgan fingerprint density at radius 3 is 2.41 bits per heavy atom. The standard InChI is InChI=1S/C26H24IN5O2/c27-20-7-10-21(11-8-20)30-26(34)31-22-9-6-19-14-24(18-4-2-17(16-29)3-5-18)32(13-1-12-28)25(33)23(19)15-22/h2-11,15,24H,1,12-14,28H2,(H2,30,31,34). The zero-order valence-electron chi connectivity index (χ0n) is 18.4. The predicted molar refractivity (Wildman–Crippen MR) is 141 cm³/mol. The molecule has 7 nitrogen and oxygen atoms in total. The van der Waals surface area contributed by atoms with Crippen LogP contribution in [-0.2, 0) is 6.42 Å². The third-order valence-corrected chi connectivity index (χ3v) is 6.50. The topological polar surface area (TPSA) is 111 Å². The van der Waals surface area contributed by atoms with Crippen molar-refractivity contribution in [3.8, 4) is 6.07 Å². The average Bonchev–Trinajstić information content (AvgIpc) is 2.85. The maximum atomic E-state index is 13.5. The smallest absolute Gasteiger partial charge is 0.323 e. The summed E-state index contributed by atoms with van der Waals surface area (Å²) in [7, 11) is 0. The molecule has 0 aliphatic carbocycles. The normalized spacial score (nSPS) is 14.8. The maximum absolute atomic E-state index is 13.5. The molecule has 0 bridgehead atoms. The van der Waals surface area contributed by atoms with E-state index in [4.69, 9.17) is 11.0 Å². The molecule has 8 heteroatoms.